The van der Waals surface area contributed by atoms with E-state index in [1.54, 1.807) is 20.8 Å². The molecule has 0 aromatic heterocycles. The van der Waals surface area contributed by atoms with Gasteiger partial charge in [0, 0.05) is 19.3 Å². The van der Waals surface area contributed by atoms with E-state index in [2.05, 4.69) is 0 Å². The van der Waals surface area contributed by atoms with E-state index in [1.807, 2.05) is 0 Å². The monoisotopic (exact) mass is 543 g/mol. The lowest BCUT2D eigenvalue weighted by Crippen LogP contribution is -2.49. The highest BCUT2D eigenvalue weighted by atomic mass is 32.2. The summed E-state index contributed by atoms with van der Waals surface area (Å²) in [5, 5.41) is 9.12. The van der Waals surface area contributed by atoms with Crippen molar-refractivity contribution in [1.82, 2.24) is 14.7 Å². The fourth-order valence-electron chi connectivity index (χ4n) is 3.27. The van der Waals surface area contributed by atoms with Crippen LogP contribution in [-0.4, -0.2) is 59.6 Å². The molecule has 2 aromatic carbocycles. The van der Waals surface area contributed by atoms with Gasteiger partial charge in [-0.15, -0.1) is 0 Å². The van der Waals surface area contributed by atoms with Crippen LogP contribution in [-0.2, 0) is 19.6 Å². The number of hydroxylamine groups is 1. The third-order valence-electron chi connectivity index (χ3n) is 4.94. The predicted molar refractivity (Wildman–Crippen MR) is 123 cm³/mol. The average molecular weight is 544 g/mol. The van der Waals surface area contributed by atoms with E-state index in [4.69, 9.17) is 14.7 Å². The van der Waals surface area contributed by atoms with Crippen molar-refractivity contribution in [3.8, 4) is 11.5 Å². The highest BCUT2D eigenvalue weighted by Crippen LogP contribution is 2.32. The fraction of sp³-hybridized carbons (Fsp3) is 0.304. The Morgan fingerprint density at radius 1 is 1.05 bits per heavy atom. The summed E-state index contributed by atoms with van der Waals surface area (Å²) < 4.78 is 80.3. The number of hydrogen-bond donors (Lipinski definition) is 2. The standard InChI is InChI=1S/C23H24F3N3O7S/c1-23(2,3)36-22(31)28-9-8-19(21(30)27-32)29(11-10-28)37(33,34)16-12-17(25)20(18(26)13-16)35-15-6-4-14(24)5-7-15/h4-9,12-13,19,32H,10-11H2,1-3H3,(H,27,30). The second-order valence-electron chi connectivity index (χ2n) is 8.82. The molecule has 200 valence electrons. The van der Waals surface area contributed by atoms with Crippen molar-refractivity contribution in [3.63, 3.8) is 0 Å². The minimum Gasteiger partial charge on any atom is -0.451 e. The number of ether oxygens (including phenoxy) is 2. The van der Waals surface area contributed by atoms with Crippen molar-refractivity contribution in [2.24, 2.45) is 0 Å². The van der Waals surface area contributed by atoms with Gasteiger partial charge in [-0.3, -0.25) is 14.9 Å². The van der Waals surface area contributed by atoms with E-state index in [-0.39, 0.29) is 12.3 Å². The first-order valence-corrected chi connectivity index (χ1v) is 12.2. The van der Waals surface area contributed by atoms with Gasteiger partial charge in [-0.05, 0) is 63.2 Å². The van der Waals surface area contributed by atoms with Gasteiger partial charge < -0.3 is 9.47 Å². The maximum atomic E-state index is 14.8. The number of halogens is 3. The molecule has 1 aliphatic rings. The molecule has 3 rings (SSSR count). The molecule has 0 radical (unpaired) electrons. The van der Waals surface area contributed by atoms with Crippen molar-refractivity contribution in [2.75, 3.05) is 13.1 Å². The van der Waals surface area contributed by atoms with Gasteiger partial charge in [0.2, 0.25) is 10.0 Å². The minimum atomic E-state index is -4.77. The average Bonchev–Trinajstić information content (AvgIpc) is 3.05. The van der Waals surface area contributed by atoms with Crippen molar-refractivity contribution in [2.45, 2.75) is 37.3 Å². The van der Waals surface area contributed by atoms with E-state index >= 15 is 0 Å². The molecule has 0 bridgehead atoms. The van der Waals surface area contributed by atoms with Gasteiger partial charge in [0.25, 0.3) is 5.91 Å². The first-order valence-electron chi connectivity index (χ1n) is 10.8. The maximum absolute atomic E-state index is 14.8. The molecule has 10 nitrogen and oxygen atoms in total. The van der Waals surface area contributed by atoms with Crippen molar-refractivity contribution in [1.29, 1.82) is 0 Å². The molecule has 0 saturated heterocycles. The maximum Gasteiger partial charge on any atom is 0.414 e. The Kier molecular flexibility index (Phi) is 8.15. The molecule has 2 amide bonds. The van der Waals surface area contributed by atoms with E-state index in [0.29, 0.717) is 16.4 Å². The van der Waals surface area contributed by atoms with Gasteiger partial charge in [0.1, 0.15) is 23.2 Å². The summed E-state index contributed by atoms with van der Waals surface area (Å²) in [7, 11) is -4.77. The van der Waals surface area contributed by atoms with Crippen LogP contribution < -0.4 is 10.2 Å². The first-order chi connectivity index (χ1) is 17.2. The second kappa shape index (κ2) is 10.8. The first kappa shape index (κ1) is 28.0. The second-order valence-corrected chi connectivity index (χ2v) is 10.7. The molecule has 0 fully saturated rings. The zero-order chi connectivity index (χ0) is 27.5. The molecule has 2 N–H and O–H groups in total. The molecule has 1 unspecified atom stereocenters. The number of carbonyl (C=O) groups excluding carboxylic acids is 2. The Bertz CT molecular complexity index is 1290. The lowest BCUT2D eigenvalue weighted by Gasteiger charge is -2.27. The molecule has 37 heavy (non-hydrogen) atoms. The topological polar surface area (TPSA) is 125 Å². The smallest absolute Gasteiger partial charge is 0.414 e. The largest absolute Gasteiger partial charge is 0.451 e. The third-order valence-corrected chi connectivity index (χ3v) is 6.80. The molecule has 14 heteroatoms. The van der Waals surface area contributed by atoms with Crippen LogP contribution in [0.2, 0.25) is 0 Å². The Morgan fingerprint density at radius 2 is 1.65 bits per heavy atom. The molecule has 0 aliphatic carbocycles. The third kappa shape index (κ3) is 6.58. The molecule has 1 aliphatic heterocycles. The Morgan fingerprint density at radius 3 is 2.19 bits per heavy atom. The van der Waals surface area contributed by atoms with E-state index in [1.165, 1.54) is 5.48 Å². The molecule has 2 aromatic rings. The predicted octanol–water partition coefficient (Wildman–Crippen LogP) is 3.53. The van der Waals surface area contributed by atoms with Crippen molar-refractivity contribution >= 4 is 22.0 Å². The Labute approximate surface area is 210 Å². The molecular formula is C23H24F3N3O7S. The zero-order valence-corrected chi connectivity index (χ0v) is 20.8. The summed E-state index contributed by atoms with van der Waals surface area (Å²) in [6.07, 6.45) is 1.30. The summed E-state index contributed by atoms with van der Waals surface area (Å²) >= 11 is 0. The number of amides is 2. The van der Waals surface area contributed by atoms with Gasteiger partial charge in [0.15, 0.2) is 17.4 Å². The number of nitrogens with one attached hydrogen (secondary N) is 1. The molecule has 0 saturated carbocycles. The van der Waals surface area contributed by atoms with Crippen LogP contribution in [0.5, 0.6) is 11.5 Å². The molecule has 1 heterocycles. The van der Waals surface area contributed by atoms with Crippen LogP contribution >= 0.6 is 0 Å². The van der Waals surface area contributed by atoms with Gasteiger partial charge in [-0.1, -0.05) is 0 Å². The van der Waals surface area contributed by atoms with Gasteiger partial charge in [0.05, 0.1) is 4.90 Å². The number of rotatable bonds is 5. The Hall–Kier alpha value is -3.62. The van der Waals surface area contributed by atoms with Gasteiger partial charge in [-0.25, -0.2) is 31.9 Å². The number of sulfonamides is 1. The number of carbonyl (C=O) groups is 2. The number of nitrogens with zero attached hydrogens (tertiary/aromatic N) is 2. The molecule has 1 atom stereocenters. The molecular weight excluding hydrogens is 519 g/mol. The quantitative estimate of drug-likeness (QED) is 0.437. The van der Waals surface area contributed by atoms with Crippen molar-refractivity contribution < 1.29 is 45.9 Å². The number of benzene rings is 2. The van der Waals surface area contributed by atoms with Gasteiger partial charge in [-0.2, -0.15) is 4.31 Å². The van der Waals surface area contributed by atoms with Crippen LogP contribution in [0.3, 0.4) is 0 Å². The lowest BCUT2D eigenvalue weighted by molar-refractivity contribution is -0.131. The summed E-state index contributed by atoms with van der Waals surface area (Å²) in [6.45, 7) is 4.09. The normalized spacial score (nSPS) is 16.7. The van der Waals surface area contributed by atoms with E-state index in [0.717, 1.165) is 41.4 Å². The van der Waals surface area contributed by atoms with Crippen LogP contribution in [0, 0.1) is 17.5 Å². The fourth-order valence-corrected chi connectivity index (χ4v) is 4.83. The summed E-state index contributed by atoms with van der Waals surface area (Å²) in [5.74, 6) is -5.58. The summed E-state index contributed by atoms with van der Waals surface area (Å²) in [4.78, 5) is 24.9. The summed E-state index contributed by atoms with van der Waals surface area (Å²) in [5.41, 5.74) is 0.472. The highest BCUT2D eigenvalue weighted by Gasteiger charge is 2.38. The van der Waals surface area contributed by atoms with Crippen LogP contribution in [0.4, 0.5) is 18.0 Å². The van der Waals surface area contributed by atoms with Crippen molar-refractivity contribution in [3.05, 3.63) is 66.1 Å². The van der Waals surface area contributed by atoms with Gasteiger partial charge >= 0.3 is 6.09 Å². The summed E-state index contributed by atoms with van der Waals surface area (Å²) in [6, 6.07) is 3.56. The number of hydrogen-bond acceptors (Lipinski definition) is 7. The van der Waals surface area contributed by atoms with Crippen LogP contribution in [0.1, 0.15) is 20.8 Å². The lowest BCUT2D eigenvalue weighted by atomic mass is 10.2. The zero-order valence-electron chi connectivity index (χ0n) is 19.9. The van der Waals surface area contributed by atoms with Crippen LogP contribution in [0.25, 0.3) is 0 Å². The highest BCUT2D eigenvalue weighted by molar-refractivity contribution is 7.89. The van der Waals surface area contributed by atoms with E-state index < -0.39 is 68.3 Å². The van der Waals surface area contributed by atoms with Crippen LogP contribution in [0.15, 0.2) is 53.6 Å². The minimum absolute atomic E-state index is 0.102. The Balaban J connectivity index is 1.94. The molecule has 0 spiro atoms. The SMILES string of the molecule is CC(C)(C)OC(=O)N1C=CC(C(=O)NO)N(S(=O)(=O)c2cc(F)c(Oc3ccc(F)cc3)c(F)c2)CC1. The van der Waals surface area contributed by atoms with E-state index in [9.17, 15) is 31.2 Å².